The summed E-state index contributed by atoms with van der Waals surface area (Å²) >= 11 is 0. The van der Waals surface area contributed by atoms with Crippen molar-refractivity contribution in [3.8, 4) is 0 Å². The lowest BCUT2D eigenvalue weighted by atomic mass is 10.1. The molecular formula is C15H23N3O. The molecule has 2 N–H and O–H groups in total. The van der Waals surface area contributed by atoms with Crippen LogP contribution in [0.15, 0.2) is 30.3 Å². The number of rotatable bonds is 5. The molecule has 1 saturated heterocycles. The van der Waals surface area contributed by atoms with E-state index in [4.69, 9.17) is 0 Å². The number of amides is 1. The standard InChI is InChI=1S/C15H23N3O/c1-18(14-7-10-16-11-8-14)12-9-15(19)17-13-5-3-2-4-6-13/h2-6,14,16H,7-12H2,1H3,(H,17,19). The molecule has 19 heavy (non-hydrogen) atoms. The summed E-state index contributed by atoms with van der Waals surface area (Å²) in [6.07, 6.45) is 2.91. The summed E-state index contributed by atoms with van der Waals surface area (Å²) in [5, 5.41) is 6.28. The van der Waals surface area contributed by atoms with Gasteiger partial charge in [0, 0.05) is 24.7 Å². The van der Waals surface area contributed by atoms with E-state index in [0.29, 0.717) is 12.5 Å². The van der Waals surface area contributed by atoms with E-state index in [1.165, 1.54) is 12.8 Å². The quantitative estimate of drug-likeness (QED) is 0.848. The zero-order chi connectivity index (χ0) is 13.5. The van der Waals surface area contributed by atoms with E-state index in [1.807, 2.05) is 30.3 Å². The molecule has 1 amide bonds. The number of nitrogens with zero attached hydrogens (tertiary/aromatic N) is 1. The summed E-state index contributed by atoms with van der Waals surface area (Å²) in [6.45, 7) is 3.00. The van der Waals surface area contributed by atoms with Crippen LogP contribution in [-0.2, 0) is 4.79 Å². The van der Waals surface area contributed by atoms with Crippen LogP contribution in [0, 0.1) is 0 Å². The molecule has 1 aliphatic rings. The van der Waals surface area contributed by atoms with Crippen molar-refractivity contribution in [2.24, 2.45) is 0 Å². The van der Waals surface area contributed by atoms with E-state index in [9.17, 15) is 4.79 Å². The van der Waals surface area contributed by atoms with Crippen molar-refractivity contribution in [1.29, 1.82) is 0 Å². The minimum Gasteiger partial charge on any atom is -0.326 e. The van der Waals surface area contributed by atoms with E-state index in [-0.39, 0.29) is 5.91 Å². The van der Waals surface area contributed by atoms with Gasteiger partial charge < -0.3 is 15.5 Å². The van der Waals surface area contributed by atoms with Gasteiger partial charge >= 0.3 is 0 Å². The van der Waals surface area contributed by atoms with Gasteiger partial charge in [0.25, 0.3) is 0 Å². The van der Waals surface area contributed by atoms with Crippen molar-refractivity contribution in [1.82, 2.24) is 10.2 Å². The molecule has 0 atom stereocenters. The smallest absolute Gasteiger partial charge is 0.225 e. The number of benzene rings is 1. The Balaban J connectivity index is 1.71. The highest BCUT2D eigenvalue weighted by molar-refractivity contribution is 5.90. The molecule has 0 aromatic heterocycles. The number of anilines is 1. The summed E-state index contributed by atoms with van der Waals surface area (Å²) in [4.78, 5) is 14.2. The molecule has 0 radical (unpaired) electrons. The Morgan fingerprint density at radius 1 is 1.32 bits per heavy atom. The van der Waals surface area contributed by atoms with Gasteiger partial charge in [0.05, 0.1) is 0 Å². The first-order valence-electron chi connectivity index (χ1n) is 7.01. The van der Waals surface area contributed by atoms with Crippen molar-refractivity contribution in [3.63, 3.8) is 0 Å². The fourth-order valence-corrected chi connectivity index (χ4v) is 2.45. The van der Waals surface area contributed by atoms with Gasteiger partial charge in [0.1, 0.15) is 0 Å². The van der Waals surface area contributed by atoms with Crippen LogP contribution in [0.2, 0.25) is 0 Å². The molecule has 0 saturated carbocycles. The highest BCUT2D eigenvalue weighted by Crippen LogP contribution is 2.11. The number of para-hydroxylation sites is 1. The van der Waals surface area contributed by atoms with Crippen molar-refractivity contribution in [3.05, 3.63) is 30.3 Å². The van der Waals surface area contributed by atoms with Gasteiger partial charge in [-0.2, -0.15) is 0 Å². The lowest BCUT2D eigenvalue weighted by Gasteiger charge is -2.31. The second-order valence-electron chi connectivity index (χ2n) is 5.13. The Kier molecular flexibility index (Phi) is 5.36. The number of hydrogen-bond acceptors (Lipinski definition) is 3. The zero-order valence-corrected chi connectivity index (χ0v) is 11.6. The molecule has 104 valence electrons. The monoisotopic (exact) mass is 261 g/mol. The number of nitrogens with one attached hydrogen (secondary N) is 2. The van der Waals surface area contributed by atoms with Crippen molar-refractivity contribution in [2.75, 3.05) is 32.0 Å². The SMILES string of the molecule is CN(CCC(=O)Nc1ccccc1)C1CCNCC1. The normalized spacial score (nSPS) is 16.5. The maximum Gasteiger partial charge on any atom is 0.225 e. The third-order valence-corrected chi connectivity index (χ3v) is 3.68. The molecule has 0 spiro atoms. The first-order chi connectivity index (χ1) is 9.25. The Bertz CT molecular complexity index is 388. The van der Waals surface area contributed by atoms with Crippen molar-refractivity contribution < 1.29 is 4.79 Å². The number of hydrogen-bond donors (Lipinski definition) is 2. The lowest BCUT2D eigenvalue weighted by Crippen LogP contribution is -2.42. The molecule has 0 aliphatic carbocycles. The Labute approximate surface area is 115 Å². The summed E-state index contributed by atoms with van der Waals surface area (Å²) in [5.74, 6) is 0.0898. The minimum atomic E-state index is 0.0898. The molecular weight excluding hydrogens is 238 g/mol. The maximum absolute atomic E-state index is 11.8. The fourth-order valence-electron chi connectivity index (χ4n) is 2.45. The van der Waals surface area contributed by atoms with Crippen molar-refractivity contribution in [2.45, 2.75) is 25.3 Å². The van der Waals surface area contributed by atoms with E-state index < -0.39 is 0 Å². The highest BCUT2D eigenvalue weighted by atomic mass is 16.1. The molecule has 2 rings (SSSR count). The largest absolute Gasteiger partial charge is 0.326 e. The predicted molar refractivity (Wildman–Crippen MR) is 78.2 cm³/mol. The number of carbonyl (C=O) groups is 1. The third kappa shape index (κ3) is 4.65. The van der Waals surface area contributed by atoms with Gasteiger partial charge in [-0.1, -0.05) is 18.2 Å². The summed E-state index contributed by atoms with van der Waals surface area (Å²) in [5.41, 5.74) is 0.872. The van der Waals surface area contributed by atoms with E-state index in [2.05, 4.69) is 22.6 Å². The van der Waals surface area contributed by atoms with Gasteiger partial charge in [-0.05, 0) is 45.1 Å². The predicted octanol–water partition coefficient (Wildman–Crippen LogP) is 1.70. The molecule has 1 fully saturated rings. The van der Waals surface area contributed by atoms with E-state index in [1.54, 1.807) is 0 Å². The number of carbonyl (C=O) groups excluding carboxylic acids is 1. The maximum atomic E-state index is 11.8. The molecule has 1 aromatic rings. The van der Waals surface area contributed by atoms with Crippen LogP contribution in [0.4, 0.5) is 5.69 Å². The molecule has 4 nitrogen and oxygen atoms in total. The summed E-state index contributed by atoms with van der Waals surface area (Å²) in [7, 11) is 2.12. The Hall–Kier alpha value is -1.39. The molecule has 4 heteroatoms. The van der Waals surface area contributed by atoms with Crippen LogP contribution in [0.5, 0.6) is 0 Å². The minimum absolute atomic E-state index is 0.0898. The second kappa shape index (κ2) is 7.26. The molecule has 0 unspecified atom stereocenters. The first-order valence-corrected chi connectivity index (χ1v) is 7.01. The fraction of sp³-hybridized carbons (Fsp3) is 0.533. The van der Waals surface area contributed by atoms with E-state index >= 15 is 0 Å². The van der Waals surface area contributed by atoms with Crippen LogP contribution >= 0.6 is 0 Å². The molecule has 1 aliphatic heterocycles. The van der Waals surface area contributed by atoms with Crippen LogP contribution in [0.3, 0.4) is 0 Å². The van der Waals surface area contributed by atoms with Gasteiger partial charge in [0.2, 0.25) is 5.91 Å². The van der Waals surface area contributed by atoms with E-state index in [0.717, 1.165) is 25.3 Å². The van der Waals surface area contributed by atoms with Crippen LogP contribution in [-0.4, -0.2) is 43.5 Å². The molecule has 1 heterocycles. The summed E-state index contributed by atoms with van der Waals surface area (Å²) < 4.78 is 0. The lowest BCUT2D eigenvalue weighted by molar-refractivity contribution is -0.116. The molecule has 0 bridgehead atoms. The van der Waals surface area contributed by atoms with Gasteiger partial charge in [0.15, 0.2) is 0 Å². The van der Waals surface area contributed by atoms with Gasteiger partial charge in [-0.3, -0.25) is 4.79 Å². The van der Waals surface area contributed by atoms with Crippen LogP contribution in [0.1, 0.15) is 19.3 Å². The Morgan fingerprint density at radius 2 is 2.00 bits per heavy atom. The van der Waals surface area contributed by atoms with Crippen LogP contribution < -0.4 is 10.6 Å². The zero-order valence-electron chi connectivity index (χ0n) is 11.6. The average Bonchev–Trinajstić information content (AvgIpc) is 2.47. The van der Waals surface area contributed by atoms with Gasteiger partial charge in [-0.15, -0.1) is 0 Å². The van der Waals surface area contributed by atoms with Crippen molar-refractivity contribution >= 4 is 11.6 Å². The first kappa shape index (κ1) is 14.0. The van der Waals surface area contributed by atoms with Crippen LogP contribution in [0.25, 0.3) is 0 Å². The second-order valence-corrected chi connectivity index (χ2v) is 5.13. The average molecular weight is 261 g/mol. The van der Waals surface area contributed by atoms with Gasteiger partial charge in [-0.25, -0.2) is 0 Å². The highest BCUT2D eigenvalue weighted by Gasteiger charge is 2.17. The Morgan fingerprint density at radius 3 is 2.68 bits per heavy atom. The topological polar surface area (TPSA) is 44.4 Å². The summed E-state index contributed by atoms with van der Waals surface area (Å²) in [6, 6.07) is 10.2. The number of piperidine rings is 1. The third-order valence-electron chi connectivity index (χ3n) is 3.68. The molecule has 1 aromatic carbocycles.